The summed E-state index contributed by atoms with van der Waals surface area (Å²) in [7, 11) is -3.94. The molecular weight excluding hydrogens is 536 g/mol. The average Bonchev–Trinajstić information content (AvgIpc) is 2.88. The van der Waals surface area contributed by atoms with Gasteiger partial charge in [-0.3, -0.25) is 15.1 Å². The first kappa shape index (κ1) is 29.9. The molecule has 0 aliphatic carbocycles. The van der Waals surface area contributed by atoms with E-state index in [1.165, 1.54) is 11.0 Å². The predicted octanol–water partition coefficient (Wildman–Crippen LogP) is 5.54. The van der Waals surface area contributed by atoms with E-state index in [0.717, 1.165) is 17.3 Å². The zero-order chi connectivity index (χ0) is 28.7. The molecule has 0 aliphatic rings. The van der Waals surface area contributed by atoms with Crippen molar-refractivity contribution in [1.29, 1.82) is 5.41 Å². The number of thioether (sulfide) groups is 1. The Balaban J connectivity index is 1.90. The molecule has 0 heterocycles. The molecule has 11 heteroatoms. The summed E-state index contributed by atoms with van der Waals surface area (Å²) in [5.41, 5.74) is 2.80. The third-order valence-corrected chi connectivity index (χ3v) is 7.74. The largest absolute Gasteiger partial charge is 0.465 e. The number of carboxylic acid groups (broad SMARTS) is 1. The van der Waals surface area contributed by atoms with Gasteiger partial charge in [0.05, 0.1) is 4.90 Å². The first-order valence-corrected chi connectivity index (χ1v) is 14.8. The minimum Gasteiger partial charge on any atom is -0.465 e. The number of carbonyl (C=O) groups excluding carboxylic acids is 1. The van der Waals surface area contributed by atoms with Crippen LogP contribution in [0.15, 0.2) is 77.7 Å². The Morgan fingerprint density at radius 2 is 1.72 bits per heavy atom. The number of amides is 2. The molecule has 0 saturated heterocycles. The van der Waals surface area contributed by atoms with E-state index in [-0.39, 0.29) is 21.9 Å². The molecule has 0 radical (unpaired) electrons. The number of nitrogens with two attached hydrogens (primary N) is 1. The van der Waals surface area contributed by atoms with Crippen LogP contribution in [0.3, 0.4) is 0 Å². The second-order valence-electron chi connectivity index (χ2n) is 9.18. The van der Waals surface area contributed by atoms with Gasteiger partial charge in [0.15, 0.2) is 0 Å². The summed E-state index contributed by atoms with van der Waals surface area (Å²) in [6.45, 7) is 5.72. The van der Waals surface area contributed by atoms with Gasteiger partial charge in [-0.25, -0.2) is 18.4 Å². The second-order valence-corrected chi connectivity index (χ2v) is 11.9. The van der Waals surface area contributed by atoms with Crippen LogP contribution in [0, 0.1) is 11.3 Å². The molecular formula is C28H32N4O5S2. The highest BCUT2D eigenvalue weighted by Gasteiger charge is 2.28. The highest BCUT2D eigenvalue weighted by Crippen LogP contribution is 2.30. The van der Waals surface area contributed by atoms with E-state index in [9.17, 15) is 23.1 Å². The van der Waals surface area contributed by atoms with E-state index in [1.807, 2.05) is 26.8 Å². The number of amidine groups is 1. The van der Waals surface area contributed by atoms with Crippen LogP contribution < -0.4 is 15.4 Å². The lowest BCUT2D eigenvalue weighted by Gasteiger charge is -2.33. The van der Waals surface area contributed by atoms with Crippen molar-refractivity contribution in [1.82, 2.24) is 5.32 Å². The number of sulfonamides is 1. The zero-order valence-corrected chi connectivity index (χ0v) is 23.6. The maximum atomic E-state index is 12.5. The smallest absolute Gasteiger partial charge is 0.412 e. The molecule has 3 aromatic carbocycles. The van der Waals surface area contributed by atoms with E-state index in [0.29, 0.717) is 34.6 Å². The lowest BCUT2D eigenvalue weighted by atomic mass is 9.93. The van der Waals surface area contributed by atoms with Crippen LogP contribution in [0.4, 0.5) is 15.3 Å². The van der Waals surface area contributed by atoms with E-state index in [1.54, 1.807) is 60.7 Å². The SMILES string of the molecule is CCSC(=O)NC(=N)c1cccc(CC(C(C)C)N(C(=O)O)c2ccc(-c3ccccc3S(N)(=O)=O)cc2)c1. The van der Waals surface area contributed by atoms with E-state index < -0.39 is 22.2 Å². The van der Waals surface area contributed by atoms with Crippen molar-refractivity contribution in [3.63, 3.8) is 0 Å². The van der Waals surface area contributed by atoms with E-state index >= 15 is 0 Å². The third kappa shape index (κ3) is 7.69. The molecule has 0 bridgehead atoms. The zero-order valence-electron chi connectivity index (χ0n) is 21.9. The van der Waals surface area contributed by atoms with Crippen molar-refractivity contribution in [3.05, 3.63) is 83.9 Å². The molecule has 0 aromatic heterocycles. The number of primary sulfonamides is 1. The van der Waals surface area contributed by atoms with Crippen LogP contribution in [-0.2, 0) is 16.4 Å². The van der Waals surface area contributed by atoms with Gasteiger partial charge in [-0.05, 0) is 53.5 Å². The molecule has 0 fully saturated rings. The normalized spacial score (nSPS) is 12.1. The Morgan fingerprint density at radius 1 is 1.05 bits per heavy atom. The van der Waals surface area contributed by atoms with Gasteiger partial charge in [0, 0.05) is 22.9 Å². The van der Waals surface area contributed by atoms with Crippen molar-refractivity contribution >= 4 is 44.6 Å². The first-order chi connectivity index (χ1) is 18.4. The van der Waals surface area contributed by atoms with Crippen LogP contribution in [0.2, 0.25) is 0 Å². The third-order valence-electron chi connectivity index (χ3n) is 6.12. The molecule has 0 aliphatic heterocycles. The van der Waals surface area contributed by atoms with Crippen LogP contribution >= 0.6 is 11.8 Å². The van der Waals surface area contributed by atoms with Gasteiger partial charge in [-0.15, -0.1) is 0 Å². The maximum Gasteiger partial charge on any atom is 0.412 e. The van der Waals surface area contributed by atoms with Crippen molar-refractivity contribution in [2.24, 2.45) is 11.1 Å². The fourth-order valence-corrected chi connectivity index (χ4v) is 5.46. The minimum absolute atomic E-state index is 0.0113. The minimum atomic E-state index is -3.94. The quantitative estimate of drug-likeness (QED) is 0.196. The van der Waals surface area contributed by atoms with Gasteiger partial charge >= 0.3 is 6.09 Å². The van der Waals surface area contributed by atoms with Crippen LogP contribution in [0.5, 0.6) is 0 Å². The number of nitrogens with one attached hydrogen (secondary N) is 2. The molecule has 9 nitrogen and oxygen atoms in total. The number of anilines is 1. The summed E-state index contributed by atoms with van der Waals surface area (Å²) in [5.74, 6) is 0.516. The standard InChI is InChI=1S/C28H32N4O5S2/c1-4-38-27(33)31-26(29)21-9-7-8-19(16-21)17-24(18(2)3)32(28(34)35)22-14-12-20(13-15-22)23-10-5-6-11-25(23)39(30,36)37/h5-16,18,24H,4,17H2,1-3H3,(H,34,35)(H2,29,31,33)(H2,30,36,37). The molecule has 1 unspecified atom stereocenters. The van der Waals surface area contributed by atoms with Gasteiger partial charge in [-0.1, -0.05) is 81.1 Å². The Labute approximate surface area is 233 Å². The first-order valence-electron chi connectivity index (χ1n) is 12.3. The van der Waals surface area contributed by atoms with Crippen molar-refractivity contribution < 1.29 is 23.1 Å². The molecule has 2 amide bonds. The number of nitrogens with zero attached hydrogens (tertiary/aromatic N) is 1. The molecule has 1 atom stereocenters. The van der Waals surface area contributed by atoms with E-state index in [4.69, 9.17) is 10.5 Å². The van der Waals surface area contributed by atoms with Gasteiger partial charge in [0.25, 0.3) is 5.24 Å². The fraction of sp³-hybridized carbons (Fsp3) is 0.250. The summed E-state index contributed by atoms with van der Waals surface area (Å²) in [6.07, 6.45) is -0.752. The molecule has 0 saturated carbocycles. The summed E-state index contributed by atoms with van der Waals surface area (Å²) < 4.78 is 24.1. The predicted molar refractivity (Wildman–Crippen MR) is 156 cm³/mol. The summed E-state index contributed by atoms with van der Waals surface area (Å²) in [4.78, 5) is 25.7. The molecule has 39 heavy (non-hydrogen) atoms. The van der Waals surface area contributed by atoms with Crippen molar-refractivity contribution in [3.8, 4) is 11.1 Å². The number of benzene rings is 3. The van der Waals surface area contributed by atoms with Gasteiger partial charge < -0.3 is 10.4 Å². The van der Waals surface area contributed by atoms with Crippen LogP contribution in [-0.4, -0.2) is 42.5 Å². The highest BCUT2D eigenvalue weighted by molar-refractivity contribution is 8.13. The van der Waals surface area contributed by atoms with Gasteiger partial charge in [0.1, 0.15) is 5.84 Å². The number of rotatable bonds is 9. The molecule has 3 aromatic rings. The van der Waals surface area contributed by atoms with Gasteiger partial charge in [-0.2, -0.15) is 0 Å². The highest BCUT2D eigenvalue weighted by atomic mass is 32.2. The van der Waals surface area contributed by atoms with Crippen molar-refractivity contribution in [2.45, 2.75) is 38.1 Å². The lowest BCUT2D eigenvalue weighted by molar-refractivity contribution is 0.196. The second kappa shape index (κ2) is 12.9. The molecule has 5 N–H and O–H groups in total. The maximum absolute atomic E-state index is 12.5. The Hall–Kier alpha value is -3.67. The number of hydrogen-bond donors (Lipinski definition) is 4. The van der Waals surface area contributed by atoms with Crippen LogP contribution in [0.1, 0.15) is 31.9 Å². The Kier molecular flexibility index (Phi) is 9.90. The van der Waals surface area contributed by atoms with E-state index in [2.05, 4.69) is 5.32 Å². The Morgan fingerprint density at radius 3 is 2.31 bits per heavy atom. The molecule has 206 valence electrons. The molecule has 0 spiro atoms. The lowest BCUT2D eigenvalue weighted by Crippen LogP contribution is -2.44. The summed E-state index contributed by atoms with van der Waals surface area (Å²) in [5, 5.41) is 26.1. The van der Waals surface area contributed by atoms with Crippen LogP contribution in [0.25, 0.3) is 11.1 Å². The van der Waals surface area contributed by atoms with Gasteiger partial charge in [0.2, 0.25) is 10.0 Å². The number of hydrogen-bond acceptors (Lipinski definition) is 6. The summed E-state index contributed by atoms with van der Waals surface area (Å²) >= 11 is 1.08. The van der Waals surface area contributed by atoms with Crippen molar-refractivity contribution in [2.75, 3.05) is 10.7 Å². The Bertz CT molecular complexity index is 1460. The monoisotopic (exact) mass is 568 g/mol. The average molecular weight is 569 g/mol. The summed E-state index contributed by atoms with van der Waals surface area (Å²) in [6, 6.07) is 19.7. The molecule has 3 rings (SSSR count). The number of carbonyl (C=O) groups is 2. The fourth-order valence-electron chi connectivity index (χ4n) is 4.26. The topological polar surface area (TPSA) is 154 Å².